The molecule has 0 spiro atoms. The van der Waals surface area contributed by atoms with Crippen LogP contribution in [-0.2, 0) is 16.0 Å². The lowest BCUT2D eigenvalue weighted by molar-refractivity contribution is -0.122. The largest absolute Gasteiger partial charge is 0.493 e. The highest BCUT2D eigenvalue weighted by Gasteiger charge is 2.18. The fourth-order valence-electron chi connectivity index (χ4n) is 2.87. The van der Waals surface area contributed by atoms with E-state index in [0.717, 1.165) is 5.56 Å². The van der Waals surface area contributed by atoms with E-state index in [0.29, 0.717) is 41.7 Å². The minimum atomic E-state index is -0.143. The monoisotopic (exact) mass is 389 g/mol. The molecule has 0 heterocycles. The van der Waals surface area contributed by atoms with E-state index in [1.54, 1.807) is 45.5 Å². The van der Waals surface area contributed by atoms with Gasteiger partial charge in [0.2, 0.25) is 0 Å². The van der Waals surface area contributed by atoms with Gasteiger partial charge in [0.05, 0.1) is 28.4 Å². The summed E-state index contributed by atoms with van der Waals surface area (Å²) in [6, 6.07) is 11.1. The summed E-state index contributed by atoms with van der Waals surface area (Å²) >= 11 is 0. The van der Waals surface area contributed by atoms with Crippen molar-refractivity contribution in [2.24, 2.45) is 0 Å². The van der Waals surface area contributed by atoms with Crippen LogP contribution in [0.25, 0.3) is 0 Å². The number of hydrogen-bond donors (Lipinski definition) is 0. The fraction of sp³-hybridized carbons (Fsp3) is 0.381. The molecule has 0 radical (unpaired) electrons. The molecule has 2 aromatic rings. The van der Waals surface area contributed by atoms with Gasteiger partial charge in [0, 0.05) is 25.4 Å². The molecule has 0 N–H and O–H groups in total. The lowest BCUT2D eigenvalue weighted by atomic mass is 10.1. The highest BCUT2D eigenvalue weighted by Crippen LogP contribution is 2.32. The fourth-order valence-corrected chi connectivity index (χ4v) is 2.87. The van der Waals surface area contributed by atoms with E-state index in [1.807, 2.05) is 24.3 Å². The van der Waals surface area contributed by atoms with Gasteiger partial charge >= 0.3 is 0 Å². The molecule has 7 heteroatoms. The van der Waals surface area contributed by atoms with Crippen molar-refractivity contribution < 1.29 is 28.5 Å². The molecule has 0 aliphatic rings. The Bertz CT molecular complexity index is 792. The summed E-state index contributed by atoms with van der Waals surface area (Å²) in [5.41, 5.74) is 1.73. The van der Waals surface area contributed by atoms with Crippen molar-refractivity contribution in [3.05, 3.63) is 42.0 Å². The molecule has 28 heavy (non-hydrogen) atoms. The van der Waals surface area contributed by atoms with Crippen molar-refractivity contribution in [3.63, 3.8) is 0 Å². The molecular weight excluding hydrogens is 362 g/mol. The SMILES string of the molecule is COCC(=O)N(CCc1ccc(OC)c(OC)c1)c1ccc(OC)c(OC)c1. The van der Waals surface area contributed by atoms with Crippen molar-refractivity contribution in [3.8, 4) is 23.0 Å². The molecule has 0 atom stereocenters. The van der Waals surface area contributed by atoms with Crippen LogP contribution in [0.1, 0.15) is 5.56 Å². The van der Waals surface area contributed by atoms with Gasteiger partial charge in [-0.2, -0.15) is 0 Å². The minimum Gasteiger partial charge on any atom is -0.493 e. The number of rotatable bonds is 10. The summed E-state index contributed by atoms with van der Waals surface area (Å²) < 4.78 is 26.3. The van der Waals surface area contributed by atoms with Crippen LogP contribution < -0.4 is 23.8 Å². The summed E-state index contributed by atoms with van der Waals surface area (Å²) in [7, 11) is 7.83. The quantitative estimate of drug-likeness (QED) is 0.622. The van der Waals surface area contributed by atoms with Crippen LogP contribution in [0.4, 0.5) is 5.69 Å². The number of ether oxygens (including phenoxy) is 5. The third-order valence-electron chi connectivity index (χ3n) is 4.32. The van der Waals surface area contributed by atoms with Gasteiger partial charge in [-0.3, -0.25) is 4.79 Å². The Hall–Kier alpha value is -2.93. The summed E-state index contributed by atoms with van der Waals surface area (Å²) in [6.45, 7) is 0.452. The van der Waals surface area contributed by atoms with E-state index in [9.17, 15) is 4.79 Å². The molecule has 0 aliphatic carbocycles. The Kier molecular flexibility index (Phi) is 7.95. The van der Waals surface area contributed by atoms with Gasteiger partial charge in [0.15, 0.2) is 23.0 Å². The van der Waals surface area contributed by atoms with Crippen LogP contribution in [0.15, 0.2) is 36.4 Å². The zero-order valence-corrected chi connectivity index (χ0v) is 17.0. The van der Waals surface area contributed by atoms with Gasteiger partial charge in [-0.1, -0.05) is 6.07 Å². The van der Waals surface area contributed by atoms with Crippen LogP contribution >= 0.6 is 0 Å². The van der Waals surface area contributed by atoms with Crippen LogP contribution in [0, 0.1) is 0 Å². The van der Waals surface area contributed by atoms with Gasteiger partial charge in [-0.15, -0.1) is 0 Å². The van der Waals surface area contributed by atoms with Crippen molar-refractivity contribution in [1.82, 2.24) is 0 Å². The maximum Gasteiger partial charge on any atom is 0.252 e. The first-order valence-electron chi connectivity index (χ1n) is 8.80. The van der Waals surface area contributed by atoms with E-state index >= 15 is 0 Å². The third kappa shape index (κ3) is 5.07. The third-order valence-corrected chi connectivity index (χ3v) is 4.32. The Morgan fingerprint density at radius 1 is 0.786 bits per heavy atom. The Labute approximate surface area is 165 Å². The maximum atomic E-state index is 12.6. The van der Waals surface area contributed by atoms with Gasteiger partial charge in [-0.05, 0) is 36.2 Å². The normalized spacial score (nSPS) is 10.3. The first-order valence-corrected chi connectivity index (χ1v) is 8.80. The number of anilines is 1. The summed E-state index contributed by atoms with van der Waals surface area (Å²) in [5, 5.41) is 0. The molecule has 2 aromatic carbocycles. The zero-order valence-electron chi connectivity index (χ0n) is 17.0. The molecule has 7 nitrogen and oxygen atoms in total. The van der Waals surface area contributed by atoms with E-state index < -0.39 is 0 Å². The van der Waals surface area contributed by atoms with E-state index in [4.69, 9.17) is 23.7 Å². The number of nitrogens with zero attached hydrogens (tertiary/aromatic N) is 1. The van der Waals surface area contributed by atoms with Crippen molar-refractivity contribution in [1.29, 1.82) is 0 Å². The van der Waals surface area contributed by atoms with Gasteiger partial charge in [0.25, 0.3) is 5.91 Å². The molecule has 152 valence electrons. The van der Waals surface area contributed by atoms with Gasteiger partial charge in [-0.25, -0.2) is 0 Å². The summed E-state index contributed by atoms with van der Waals surface area (Å²) in [4.78, 5) is 14.3. The minimum absolute atomic E-state index is 0.0136. The second-order valence-electron chi connectivity index (χ2n) is 5.96. The molecule has 0 aromatic heterocycles. The highest BCUT2D eigenvalue weighted by atomic mass is 16.5. The number of methoxy groups -OCH3 is 5. The molecule has 0 bridgehead atoms. The standard InChI is InChI=1S/C21H27NO6/c1-24-14-21(23)22(16-7-9-18(26-3)20(13-16)28-5)11-10-15-6-8-17(25-2)19(12-15)27-4/h6-9,12-13H,10-11,14H2,1-5H3. The average Bonchev–Trinajstić information content (AvgIpc) is 2.73. The lowest BCUT2D eigenvalue weighted by Crippen LogP contribution is -2.35. The molecule has 0 unspecified atom stereocenters. The molecular formula is C21H27NO6. The lowest BCUT2D eigenvalue weighted by Gasteiger charge is -2.24. The number of carbonyl (C=O) groups is 1. The van der Waals surface area contributed by atoms with E-state index in [2.05, 4.69) is 0 Å². The number of hydrogen-bond acceptors (Lipinski definition) is 6. The summed E-state index contributed by atoms with van der Waals surface area (Å²) in [5.74, 6) is 2.33. The Morgan fingerprint density at radius 2 is 1.36 bits per heavy atom. The number of carbonyl (C=O) groups excluding carboxylic acids is 1. The van der Waals surface area contributed by atoms with Crippen LogP contribution in [0.2, 0.25) is 0 Å². The number of benzene rings is 2. The van der Waals surface area contributed by atoms with E-state index in [-0.39, 0.29) is 12.5 Å². The first-order chi connectivity index (χ1) is 13.6. The zero-order chi connectivity index (χ0) is 20.5. The van der Waals surface area contributed by atoms with E-state index in [1.165, 1.54) is 7.11 Å². The number of amides is 1. The molecule has 1 amide bonds. The second kappa shape index (κ2) is 10.4. The highest BCUT2D eigenvalue weighted by molar-refractivity contribution is 5.94. The Balaban J connectivity index is 2.26. The smallest absolute Gasteiger partial charge is 0.252 e. The molecule has 0 saturated heterocycles. The van der Waals surface area contributed by atoms with Crippen molar-refractivity contribution >= 4 is 11.6 Å². The van der Waals surface area contributed by atoms with Gasteiger partial charge < -0.3 is 28.6 Å². The second-order valence-corrected chi connectivity index (χ2v) is 5.96. The van der Waals surface area contributed by atoms with Crippen LogP contribution in [0.3, 0.4) is 0 Å². The topological polar surface area (TPSA) is 66.5 Å². The predicted octanol–water partition coefficient (Wildman–Crippen LogP) is 2.94. The van der Waals surface area contributed by atoms with Crippen molar-refractivity contribution in [2.45, 2.75) is 6.42 Å². The molecule has 0 saturated carbocycles. The molecule has 2 rings (SSSR count). The predicted molar refractivity (Wildman–Crippen MR) is 107 cm³/mol. The average molecular weight is 389 g/mol. The summed E-state index contributed by atoms with van der Waals surface area (Å²) in [6.07, 6.45) is 0.629. The van der Waals surface area contributed by atoms with Crippen molar-refractivity contribution in [2.75, 3.05) is 53.6 Å². The van der Waals surface area contributed by atoms with Crippen LogP contribution in [-0.4, -0.2) is 54.6 Å². The molecule has 0 aliphatic heterocycles. The first kappa shape index (κ1) is 21.4. The Morgan fingerprint density at radius 3 is 1.93 bits per heavy atom. The maximum absolute atomic E-state index is 12.6. The molecule has 0 fully saturated rings. The van der Waals surface area contributed by atoms with Crippen LogP contribution in [0.5, 0.6) is 23.0 Å². The van der Waals surface area contributed by atoms with Gasteiger partial charge in [0.1, 0.15) is 6.61 Å².